The molecular formula is C20H22N4O3. The zero-order chi connectivity index (χ0) is 19.4. The molecule has 2 amide bonds. The molecule has 2 aromatic rings. The Labute approximate surface area is 157 Å². The van der Waals surface area contributed by atoms with Crippen LogP contribution in [-0.4, -0.2) is 43.1 Å². The van der Waals surface area contributed by atoms with Crippen molar-refractivity contribution in [2.75, 3.05) is 29.9 Å². The average Bonchev–Trinajstić information content (AvgIpc) is 3.07. The van der Waals surface area contributed by atoms with Gasteiger partial charge in [0.15, 0.2) is 0 Å². The van der Waals surface area contributed by atoms with Crippen LogP contribution < -0.4 is 15.5 Å². The third-order valence-electron chi connectivity index (χ3n) is 4.60. The molecule has 0 aromatic heterocycles. The number of amidine groups is 1. The van der Waals surface area contributed by atoms with Crippen LogP contribution in [0.5, 0.6) is 0 Å². The van der Waals surface area contributed by atoms with E-state index in [9.17, 15) is 9.59 Å². The van der Waals surface area contributed by atoms with Crippen LogP contribution in [0.4, 0.5) is 16.2 Å². The molecule has 1 aliphatic heterocycles. The molecule has 27 heavy (non-hydrogen) atoms. The highest BCUT2D eigenvalue weighted by Gasteiger charge is 2.30. The Morgan fingerprint density at radius 1 is 1.04 bits per heavy atom. The maximum Gasteiger partial charge on any atom is 0.329 e. The minimum atomic E-state index is -0.817. The monoisotopic (exact) mass is 366 g/mol. The SMILES string of the molecule is CN=C(N)c1ccc(N2CCN(c3ccc(CCC(=O)O)cc3)C2=O)cc1. The van der Waals surface area contributed by atoms with Gasteiger partial charge in [-0.3, -0.25) is 19.6 Å². The van der Waals surface area contributed by atoms with E-state index in [1.165, 1.54) is 0 Å². The fraction of sp³-hybridized carbons (Fsp3) is 0.250. The Morgan fingerprint density at radius 2 is 1.56 bits per heavy atom. The predicted molar refractivity (Wildman–Crippen MR) is 106 cm³/mol. The number of nitrogens with zero attached hydrogens (tertiary/aromatic N) is 3. The van der Waals surface area contributed by atoms with Crippen molar-refractivity contribution in [3.63, 3.8) is 0 Å². The molecule has 140 valence electrons. The fourth-order valence-electron chi connectivity index (χ4n) is 3.05. The van der Waals surface area contributed by atoms with E-state index in [0.717, 1.165) is 22.5 Å². The standard InChI is InChI=1S/C20H22N4O3/c1-22-19(21)15-5-9-17(10-6-15)24-13-12-23(20(24)27)16-7-2-14(3-8-16)4-11-18(25)26/h2-3,5-10H,4,11-13H2,1H3,(H2,21,22)(H,25,26). The van der Waals surface area contributed by atoms with Gasteiger partial charge in [-0.15, -0.1) is 0 Å². The number of hydrogen-bond donors (Lipinski definition) is 2. The number of rotatable bonds is 6. The molecule has 0 bridgehead atoms. The number of carbonyl (C=O) groups excluding carboxylic acids is 1. The first-order chi connectivity index (χ1) is 13.0. The van der Waals surface area contributed by atoms with Crippen molar-refractivity contribution in [1.29, 1.82) is 0 Å². The van der Waals surface area contributed by atoms with Crippen LogP contribution in [0.3, 0.4) is 0 Å². The number of amides is 2. The topological polar surface area (TPSA) is 99.2 Å². The zero-order valence-corrected chi connectivity index (χ0v) is 15.1. The predicted octanol–water partition coefficient (Wildman–Crippen LogP) is 2.49. The molecule has 0 radical (unpaired) electrons. The summed E-state index contributed by atoms with van der Waals surface area (Å²) in [6.45, 7) is 1.18. The van der Waals surface area contributed by atoms with Crippen molar-refractivity contribution in [1.82, 2.24) is 0 Å². The molecule has 0 aliphatic carbocycles. The average molecular weight is 366 g/mol. The smallest absolute Gasteiger partial charge is 0.329 e. The second-order valence-electron chi connectivity index (χ2n) is 6.30. The Bertz CT molecular complexity index is 860. The van der Waals surface area contributed by atoms with Crippen molar-refractivity contribution >= 4 is 29.2 Å². The van der Waals surface area contributed by atoms with Crippen molar-refractivity contribution < 1.29 is 14.7 Å². The number of urea groups is 1. The summed E-state index contributed by atoms with van der Waals surface area (Å²) in [5.74, 6) is -0.360. The summed E-state index contributed by atoms with van der Waals surface area (Å²) in [7, 11) is 1.64. The Hall–Kier alpha value is -3.35. The van der Waals surface area contributed by atoms with E-state index in [0.29, 0.717) is 25.3 Å². The van der Waals surface area contributed by atoms with Crippen LogP contribution in [0.25, 0.3) is 0 Å². The molecule has 1 heterocycles. The van der Waals surface area contributed by atoms with E-state index in [1.807, 2.05) is 48.5 Å². The second kappa shape index (κ2) is 7.90. The molecule has 1 saturated heterocycles. The van der Waals surface area contributed by atoms with Crippen molar-refractivity contribution in [3.05, 3.63) is 59.7 Å². The van der Waals surface area contributed by atoms with E-state index < -0.39 is 5.97 Å². The number of anilines is 2. The molecule has 0 atom stereocenters. The molecule has 3 rings (SSSR count). The van der Waals surface area contributed by atoms with Crippen LogP contribution in [0.2, 0.25) is 0 Å². The Kier molecular flexibility index (Phi) is 5.40. The molecule has 0 unspecified atom stereocenters. The lowest BCUT2D eigenvalue weighted by atomic mass is 10.1. The van der Waals surface area contributed by atoms with Crippen molar-refractivity contribution in [3.8, 4) is 0 Å². The van der Waals surface area contributed by atoms with Crippen LogP contribution in [0, 0.1) is 0 Å². The largest absolute Gasteiger partial charge is 0.481 e. The summed E-state index contributed by atoms with van der Waals surface area (Å²) in [5.41, 5.74) is 9.18. The number of aryl methyl sites for hydroxylation is 1. The van der Waals surface area contributed by atoms with Gasteiger partial charge in [0, 0.05) is 43.5 Å². The summed E-state index contributed by atoms with van der Waals surface area (Å²) >= 11 is 0. The van der Waals surface area contributed by atoms with Gasteiger partial charge in [-0.05, 0) is 48.4 Å². The van der Waals surface area contributed by atoms with Gasteiger partial charge in [-0.25, -0.2) is 4.79 Å². The number of aliphatic carboxylic acids is 1. The second-order valence-corrected chi connectivity index (χ2v) is 6.30. The van der Waals surface area contributed by atoms with Gasteiger partial charge >= 0.3 is 12.0 Å². The summed E-state index contributed by atoms with van der Waals surface area (Å²) in [5, 5.41) is 8.76. The first-order valence-electron chi connectivity index (χ1n) is 8.72. The molecule has 1 aliphatic rings. The number of carboxylic acids is 1. The van der Waals surface area contributed by atoms with E-state index in [-0.39, 0.29) is 12.5 Å². The highest BCUT2D eigenvalue weighted by molar-refractivity contribution is 6.06. The van der Waals surface area contributed by atoms with Crippen LogP contribution in [0.15, 0.2) is 53.5 Å². The van der Waals surface area contributed by atoms with Gasteiger partial charge in [-0.2, -0.15) is 0 Å². The molecule has 2 aromatic carbocycles. The molecular weight excluding hydrogens is 344 g/mol. The third-order valence-corrected chi connectivity index (χ3v) is 4.60. The van der Waals surface area contributed by atoms with Crippen molar-refractivity contribution in [2.45, 2.75) is 12.8 Å². The maximum absolute atomic E-state index is 12.8. The maximum atomic E-state index is 12.8. The van der Waals surface area contributed by atoms with Crippen LogP contribution in [0.1, 0.15) is 17.5 Å². The number of aliphatic imine (C=N–C) groups is 1. The molecule has 1 fully saturated rings. The molecule has 7 nitrogen and oxygen atoms in total. The van der Waals surface area contributed by atoms with E-state index in [1.54, 1.807) is 16.8 Å². The van der Waals surface area contributed by atoms with Gasteiger partial charge in [0.25, 0.3) is 0 Å². The lowest BCUT2D eigenvalue weighted by Crippen LogP contribution is -2.31. The van der Waals surface area contributed by atoms with Gasteiger partial charge in [0.2, 0.25) is 0 Å². The summed E-state index contributed by atoms with van der Waals surface area (Å²) < 4.78 is 0. The first-order valence-corrected chi connectivity index (χ1v) is 8.72. The highest BCUT2D eigenvalue weighted by Crippen LogP contribution is 2.26. The zero-order valence-electron chi connectivity index (χ0n) is 15.1. The van der Waals surface area contributed by atoms with E-state index >= 15 is 0 Å². The minimum Gasteiger partial charge on any atom is -0.481 e. The highest BCUT2D eigenvalue weighted by atomic mass is 16.4. The third kappa shape index (κ3) is 4.08. The van der Waals surface area contributed by atoms with Crippen molar-refractivity contribution in [2.24, 2.45) is 10.7 Å². The summed E-state index contributed by atoms with van der Waals surface area (Å²) in [4.78, 5) is 30.9. The number of hydrogen-bond acceptors (Lipinski definition) is 3. The quantitative estimate of drug-likeness (QED) is 0.606. The minimum absolute atomic E-state index is 0.0850. The van der Waals surface area contributed by atoms with Gasteiger partial charge in [0.1, 0.15) is 5.84 Å². The molecule has 0 saturated carbocycles. The Balaban J connectivity index is 1.70. The van der Waals surface area contributed by atoms with E-state index in [2.05, 4.69) is 4.99 Å². The lowest BCUT2D eigenvalue weighted by molar-refractivity contribution is -0.136. The first kappa shape index (κ1) is 18.4. The lowest BCUT2D eigenvalue weighted by Gasteiger charge is -2.19. The van der Waals surface area contributed by atoms with E-state index in [4.69, 9.17) is 10.8 Å². The van der Waals surface area contributed by atoms with Gasteiger partial charge in [0.05, 0.1) is 0 Å². The molecule has 3 N–H and O–H groups in total. The van der Waals surface area contributed by atoms with Gasteiger partial charge < -0.3 is 10.8 Å². The number of nitrogens with two attached hydrogens (primary N) is 1. The number of carbonyl (C=O) groups is 2. The van der Waals surface area contributed by atoms with Crippen LogP contribution in [-0.2, 0) is 11.2 Å². The number of benzene rings is 2. The Morgan fingerprint density at radius 3 is 2.04 bits per heavy atom. The molecule has 7 heteroatoms. The fourth-order valence-corrected chi connectivity index (χ4v) is 3.05. The normalized spacial score (nSPS) is 14.7. The van der Waals surface area contributed by atoms with Gasteiger partial charge in [-0.1, -0.05) is 12.1 Å². The van der Waals surface area contributed by atoms with Crippen LogP contribution >= 0.6 is 0 Å². The summed E-state index contributed by atoms with van der Waals surface area (Å²) in [6, 6.07) is 14.8. The number of carboxylic acid groups (broad SMARTS) is 1. The molecule has 0 spiro atoms. The summed E-state index contributed by atoms with van der Waals surface area (Å²) in [6.07, 6.45) is 0.575.